The summed E-state index contributed by atoms with van der Waals surface area (Å²) in [6, 6.07) is 48.3. The molecule has 0 N–H and O–H groups in total. The molecule has 0 aliphatic heterocycles. The van der Waals surface area contributed by atoms with Gasteiger partial charge >= 0.3 is 0 Å². The Kier molecular flexibility index (Phi) is 4.75. The molecule has 36 heavy (non-hydrogen) atoms. The second kappa shape index (κ2) is 8.25. The van der Waals surface area contributed by atoms with E-state index in [-0.39, 0.29) is 0 Å². The van der Waals surface area contributed by atoms with E-state index in [4.69, 9.17) is 0 Å². The van der Waals surface area contributed by atoms with Gasteiger partial charge in [-0.2, -0.15) is 0 Å². The third-order valence-corrected chi connectivity index (χ3v) is 7.30. The van der Waals surface area contributed by atoms with Crippen molar-refractivity contribution >= 4 is 32.4 Å². The first kappa shape index (κ1) is 20.7. The third-order valence-electron chi connectivity index (χ3n) is 7.30. The molecule has 0 fully saturated rings. The number of fused-ring (bicyclic) bond motifs is 3. The van der Waals surface area contributed by atoms with Gasteiger partial charge in [-0.3, -0.25) is 0 Å². The minimum atomic E-state index is 1.19. The molecule has 1 nitrogen and oxygen atoms in total. The molecule has 0 aliphatic carbocycles. The summed E-state index contributed by atoms with van der Waals surface area (Å²) >= 11 is 0. The Hall–Kier alpha value is -4.62. The second-order valence-corrected chi connectivity index (χ2v) is 9.43. The number of nitrogens with zero attached hydrogens (tertiary/aromatic N) is 1. The second-order valence-electron chi connectivity index (χ2n) is 9.43. The average molecular weight is 460 g/mol. The Bertz CT molecular complexity index is 1820. The van der Waals surface area contributed by atoms with E-state index in [1.807, 2.05) is 0 Å². The van der Waals surface area contributed by atoms with Crippen LogP contribution in [0.4, 0.5) is 0 Å². The lowest BCUT2D eigenvalue weighted by Gasteiger charge is -2.18. The molecule has 0 saturated heterocycles. The molecule has 7 rings (SSSR count). The van der Waals surface area contributed by atoms with E-state index < -0.39 is 0 Å². The van der Waals surface area contributed by atoms with E-state index in [1.165, 1.54) is 66.1 Å². The predicted octanol–water partition coefficient (Wildman–Crippen LogP) is 9.58. The number of aromatic nitrogens is 1. The summed E-state index contributed by atoms with van der Waals surface area (Å²) in [7, 11) is 0. The summed E-state index contributed by atoms with van der Waals surface area (Å²) in [4.78, 5) is 0. The molecular weight excluding hydrogens is 434 g/mol. The van der Waals surface area contributed by atoms with Crippen molar-refractivity contribution in [2.24, 2.45) is 0 Å². The normalized spacial score (nSPS) is 11.5. The maximum atomic E-state index is 2.34. The van der Waals surface area contributed by atoms with Crippen molar-refractivity contribution in [2.75, 3.05) is 0 Å². The maximum Gasteiger partial charge on any atom is 0.0531 e. The summed E-state index contributed by atoms with van der Waals surface area (Å²) in [6.45, 7) is 2.18. The molecule has 0 aliphatic rings. The standard InChI is InChI=1S/C35H25N/c1-24-23-27-13-5-10-18-33(27)36(24)28-21-19-26(20-22-28)35-31-16-8-6-14-29(31)34(25-11-3-2-4-12-25)30-15-7-9-17-32(30)35/h2-23H,1H3. The fraction of sp³-hybridized carbons (Fsp3) is 0.0286. The van der Waals surface area contributed by atoms with Gasteiger partial charge in [0.05, 0.1) is 5.52 Å². The van der Waals surface area contributed by atoms with Crippen molar-refractivity contribution < 1.29 is 0 Å². The first-order valence-electron chi connectivity index (χ1n) is 12.5. The highest BCUT2D eigenvalue weighted by Gasteiger charge is 2.16. The summed E-state index contributed by atoms with van der Waals surface area (Å²) in [6.07, 6.45) is 0. The summed E-state index contributed by atoms with van der Waals surface area (Å²) in [5.74, 6) is 0. The van der Waals surface area contributed by atoms with Crippen LogP contribution in [0, 0.1) is 6.92 Å². The highest BCUT2D eigenvalue weighted by molar-refractivity contribution is 6.21. The van der Waals surface area contributed by atoms with Crippen LogP contribution in [-0.2, 0) is 0 Å². The number of hydrogen-bond acceptors (Lipinski definition) is 0. The zero-order chi connectivity index (χ0) is 24.1. The van der Waals surface area contributed by atoms with Gasteiger partial charge in [-0.15, -0.1) is 0 Å². The molecule has 170 valence electrons. The minimum Gasteiger partial charge on any atom is -0.314 e. The van der Waals surface area contributed by atoms with Gasteiger partial charge in [-0.05, 0) is 75.0 Å². The van der Waals surface area contributed by atoms with E-state index in [1.54, 1.807) is 0 Å². The van der Waals surface area contributed by atoms with Gasteiger partial charge in [0.15, 0.2) is 0 Å². The van der Waals surface area contributed by atoms with Gasteiger partial charge in [0, 0.05) is 16.8 Å². The number of aryl methyl sites for hydroxylation is 1. The quantitative estimate of drug-likeness (QED) is 0.232. The lowest BCUT2D eigenvalue weighted by Crippen LogP contribution is -1.96. The summed E-state index contributed by atoms with van der Waals surface area (Å²) in [5.41, 5.74) is 8.75. The van der Waals surface area contributed by atoms with Crippen LogP contribution in [0.5, 0.6) is 0 Å². The molecule has 1 heteroatoms. The fourth-order valence-electron chi connectivity index (χ4n) is 5.77. The van der Waals surface area contributed by atoms with Crippen molar-refractivity contribution in [2.45, 2.75) is 6.92 Å². The molecule has 1 aromatic heterocycles. The molecule has 0 saturated carbocycles. The van der Waals surface area contributed by atoms with Crippen LogP contribution in [0.15, 0.2) is 133 Å². The molecule has 1 heterocycles. The number of benzene rings is 6. The largest absolute Gasteiger partial charge is 0.314 e. The van der Waals surface area contributed by atoms with Gasteiger partial charge in [0.1, 0.15) is 0 Å². The summed E-state index contributed by atoms with van der Waals surface area (Å²) in [5, 5.41) is 6.41. The van der Waals surface area contributed by atoms with Gasteiger partial charge < -0.3 is 4.57 Å². The van der Waals surface area contributed by atoms with Gasteiger partial charge in [0.25, 0.3) is 0 Å². The van der Waals surface area contributed by atoms with Crippen molar-refractivity contribution in [3.63, 3.8) is 0 Å². The Balaban J connectivity index is 1.48. The molecule has 0 radical (unpaired) electrons. The first-order chi connectivity index (χ1) is 17.8. The molecule has 7 aromatic rings. The van der Waals surface area contributed by atoms with Crippen LogP contribution in [0.1, 0.15) is 5.69 Å². The van der Waals surface area contributed by atoms with E-state index in [9.17, 15) is 0 Å². The Labute approximate surface area is 210 Å². The Morgan fingerprint density at radius 3 is 1.50 bits per heavy atom. The lowest BCUT2D eigenvalue weighted by molar-refractivity contribution is 1.05. The highest BCUT2D eigenvalue weighted by atomic mass is 15.0. The minimum absolute atomic E-state index is 1.19. The fourth-order valence-corrected chi connectivity index (χ4v) is 5.77. The zero-order valence-corrected chi connectivity index (χ0v) is 20.1. The van der Waals surface area contributed by atoms with Crippen LogP contribution in [0.3, 0.4) is 0 Å². The highest BCUT2D eigenvalue weighted by Crippen LogP contribution is 2.43. The molecule has 0 atom stereocenters. The molecule has 0 unspecified atom stereocenters. The van der Waals surface area contributed by atoms with Crippen LogP contribution in [-0.4, -0.2) is 4.57 Å². The van der Waals surface area contributed by atoms with E-state index >= 15 is 0 Å². The topological polar surface area (TPSA) is 4.93 Å². The van der Waals surface area contributed by atoms with Crippen LogP contribution in [0.25, 0.3) is 60.4 Å². The molecular formula is C35H25N. The van der Waals surface area contributed by atoms with E-state index in [0.29, 0.717) is 0 Å². The monoisotopic (exact) mass is 459 g/mol. The zero-order valence-electron chi connectivity index (χ0n) is 20.1. The number of hydrogen-bond donors (Lipinski definition) is 0. The van der Waals surface area contributed by atoms with Gasteiger partial charge in [0.2, 0.25) is 0 Å². The SMILES string of the molecule is Cc1cc2ccccc2n1-c1ccc(-c2c3ccccc3c(-c3ccccc3)c3ccccc23)cc1. The lowest BCUT2D eigenvalue weighted by atomic mass is 9.86. The van der Waals surface area contributed by atoms with Crippen molar-refractivity contribution in [3.8, 4) is 27.9 Å². The predicted molar refractivity (Wildman–Crippen MR) is 154 cm³/mol. The van der Waals surface area contributed by atoms with Crippen molar-refractivity contribution in [1.29, 1.82) is 0 Å². The van der Waals surface area contributed by atoms with Crippen LogP contribution < -0.4 is 0 Å². The van der Waals surface area contributed by atoms with E-state index in [0.717, 1.165) is 0 Å². The molecule has 0 spiro atoms. The average Bonchev–Trinajstić information content (AvgIpc) is 3.28. The molecule has 0 amide bonds. The van der Waals surface area contributed by atoms with Gasteiger partial charge in [-0.25, -0.2) is 0 Å². The smallest absolute Gasteiger partial charge is 0.0531 e. The number of para-hydroxylation sites is 1. The van der Waals surface area contributed by atoms with E-state index in [2.05, 4.69) is 145 Å². The van der Waals surface area contributed by atoms with Crippen LogP contribution >= 0.6 is 0 Å². The summed E-state index contributed by atoms with van der Waals surface area (Å²) < 4.78 is 2.34. The Morgan fingerprint density at radius 1 is 0.444 bits per heavy atom. The third kappa shape index (κ3) is 3.17. The van der Waals surface area contributed by atoms with Gasteiger partial charge in [-0.1, -0.05) is 109 Å². The Morgan fingerprint density at radius 2 is 0.917 bits per heavy atom. The first-order valence-corrected chi connectivity index (χ1v) is 12.5. The van der Waals surface area contributed by atoms with Crippen LogP contribution in [0.2, 0.25) is 0 Å². The van der Waals surface area contributed by atoms with Crippen molar-refractivity contribution in [3.05, 3.63) is 139 Å². The number of rotatable bonds is 3. The molecule has 0 bridgehead atoms. The van der Waals surface area contributed by atoms with Crippen molar-refractivity contribution in [1.82, 2.24) is 4.57 Å². The maximum absolute atomic E-state index is 2.34. The molecule has 6 aromatic carbocycles.